The Morgan fingerprint density at radius 3 is 1.67 bits per heavy atom. The molecule has 0 spiro atoms. The Hall–Kier alpha value is -0.530. The van der Waals surface area contributed by atoms with Crippen LogP contribution in [0.25, 0.3) is 0 Å². The third-order valence-electron chi connectivity index (χ3n) is 4.65. The molecule has 0 aliphatic heterocycles. The first-order valence-electron chi connectivity index (χ1n) is 7.19. The van der Waals surface area contributed by atoms with E-state index in [2.05, 4.69) is 55.4 Å². The van der Waals surface area contributed by atoms with Crippen LogP contribution >= 0.6 is 0 Å². The summed E-state index contributed by atoms with van der Waals surface area (Å²) in [5.74, 6) is -0.237. The molecule has 0 aromatic heterocycles. The number of carbonyl (C=O) groups is 1. The molecule has 0 bridgehead atoms. The summed E-state index contributed by atoms with van der Waals surface area (Å²) in [7, 11) is 0. The van der Waals surface area contributed by atoms with Crippen molar-refractivity contribution >= 4 is 5.91 Å². The minimum absolute atomic E-state index is 0.0425. The molecule has 18 heavy (non-hydrogen) atoms. The van der Waals surface area contributed by atoms with Gasteiger partial charge in [-0.2, -0.15) is 0 Å². The number of carbonyl (C=O) groups excluding carboxylic acids is 1. The molecule has 0 aromatic rings. The molecule has 0 heterocycles. The first-order valence-corrected chi connectivity index (χ1v) is 7.19. The Morgan fingerprint density at radius 2 is 1.39 bits per heavy atom. The SMILES string of the molecule is CCC(C)(C)CC(C)(C)C(C(N)=O)C(C)(C)CC. The fourth-order valence-electron chi connectivity index (χ4n) is 3.49. The third-order valence-corrected chi connectivity index (χ3v) is 4.65. The zero-order valence-electron chi connectivity index (χ0n) is 13.7. The Kier molecular flexibility index (Phi) is 5.46. The second-order valence-corrected chi connectivity index (χ2v) is 7.86. The van der Waals surface area contributed by atoms with Gasteiger partial charge in [-0.25, -0.2) is 0 Å². The lowest BCUT2D eigenvalue weighted by atomic mass is 9.58. The van der Waals surface area contributed by atoms with E-state index < -0.39 is 0 Å². The Balaban J connectivity index is 5.30. The highest BCUT2D eigenvalue weighted by Gasteiger charge is 2.45. The van der Waals surface area contributed by atoms with Crippen molar-refractivity contribution in [2.45, 2.75) is 74.7 Å². The first kappa shape index (κ1) is 17.5. The van der Waals surface area contributed by atoms with Crippen LogP contribution in [0.3, 0.4) is 0 Å². The van der Waals surface area contributed by atoms with Crippen LogP contribution in [0.4, 0.5) is 0 Å². The molecule has 0 fully saturated rings. The second-order valence-electron chi connectivity index (χ2n) is 7.86. The third kappa shape index (κ3) is 4.29. The summed E-state index contributed by atoms with van der Waals surface area (Å²) in [5.41, 5.74) is 5.85. The van der Waals surface area contributed by atoms with Gasteiger partial charge in [-0.05, 0) is 22.7 Å². The monoisotopic (exact) mass is 255 g/mol. The van der Waals surface area contributed by atoms with Crippen LogP contribution in [0.1, 0.15) is 74.7 Å². The van der Waals surface area contributed by atoms with Crippen molar-refractivity contribution < 1.29 is 4.79 Å². The lowest BCUT2D eigenvalue weighted by molar-refractivity contribution is -0.132. The molecule has 0 saturated heterocycles. The van der Waals surface area contributed by atoms with Gasteiger partial charge in [0.15, 0.2) is 0 Å². The normalized spacial score (nSPS) is 15.6. The largest absolute Gasteiger partial charge is 0.369 e. The number of amides is 1. The number of nitrogens with two attached hydrogens (primary N) is 1. The van der Waals surface area contributed by atoms with Gasteiger partial charge >= 0.3 is 0 Å². The van der Waals surface area contributed by atoms with Crippen LogP contribution in [-0.2, 0) is 4.79 Å². The Morgan fingerprint density at radius 1 is 0.944 bits per heavy atom. The van der Waals surface area contributed by atoms with Crippen molar-refractivity contribution in [3.05, 3.63) is 0 Å². The molecule has 2 heteroatoms. The molecule has 1 amide bonds. The van der Waals surface area contributed by atoms with Gasteiger partial charge < -0.3 is 5.73 Å². The molecule has 108 valence electrons. The smallest absolute Gasteiger partial charge is 0.221 e. The highest BCUT2D eigenvalue weighted by molar-refractivity contribution is 5.78. The van der Waals surface area contributed by atoms with Crippen molar-refractivity contribution in [3.63, 3.8) is 0 Å². The lowest BCUT2D eigenvalue weighted by Gasteiger charge is -2.45. The fraction of sp³-hybridized carbons (Fsp3) is 0.938. The lowest BCUT2D eigenvalue weighted by Crippen LogP contribution is -2.46. The molecule has 0 saturated carbocycles. The van der Waals surface area contributed by atoms with Gasteiger partial charge in [-0.1, -0.05) is 68.2 Å². The van der Waals surface area contributed by atoms with Crippen molar-refractivity contribution in [1.82, 2.24) is 0 Å². The van der Waals surface area contributed by atoms with E-state index in [1.54, 1.807) is 0 Å². The van der Waals surface area contributed by atoms with Gasteiger partial charge in [-0.3, -0.25) is 4.79 Å². The molecule has 2 nitrogen and oxygen atoms in total. The molecule has 0 rings (SSSR count). The molecular weight excluding hydrogens is 222 g/mol. The molecule has 0 aliphatic rings. The first-order chi connectivity index (χ1) is 7.89. The maximum absolute atomic E-state index is 11.9. The van der Waals surface area contributed by atoms with E-state index in [0.717, 1.165) is 19.3 Å². The van der Waals surface area contributed by atoms with Crippen LogP contribution in [0.5, 0.6) is 0 Å². The predicted molar refractivity (Wildman–Crippen MR) is 79.2 cm³/mol. The number of primary amides is 1. The van der Waals surface area contributed by atoms with Crippen LogP contribution in [0, 0.1) is 22.2 Å². The summed E-state index contributed by atoms with van der Waals surface area (Å²) in [6.07, 6.45) is 3.11. The summed E-state index contributed by atoms with van der Waals surface area (Å²) < 4.78 is 0. The molecule has 0 aromatic carbocycles. The summed E-state index contributed by atoms with van der Waals surface area (Å²) >= 11 is 0. The zero-order valence-corrected chi connectivity index (χ0v) is 13.7. The summed E-state index contributed by atoms with van der Waals surface area (Å²) in [6, 6.07) is 0. The summed E-state index contributed by atoms with van der Waals surface area (Å²) in [4.78, 5) is 11.9. The van der Waals surface area contributed by atoms with Crippen LogP contribution in [-0.4, -0.2) is 5.91 Å². The van der Waals surface area contributed by atoms with E-state index in [0.29, 0.717) is 0 Å². The summed E-state index contributed by atoms with van der Waals surface area (Å²) in [5, 5.41) is 0. The maximum Gasteiger partial charge on any atom is 0.221 e. The number of rotatable bonds is 7. The van der Waals surface area contributed by atoms with E-state index in [1.807, 2.05) is 0 Å². The molecule has 1 atom stereocenters. The molecular formula is C16H33NO. The summed E-state index contributed by atoms with van der Waals surface area (Å²) in [6.45, 7) is 17.6. The highest BCUT2D eigenvalue weighted by Crippen LogP contribution is 2.48. The number of hydrogen-bond acceptors (Lipinski definition) is 1. The van der Waals surface area contributed by atoms with Gasteiger partial charge in [0.1, 0.15) is 0 Å². The van der Waals surface area contributed by atoms with Crippen LogP contribution < -0.4 is 5.73 Å². The zero-order chi connectivity index (χ0) is 14.8. The Labute approximate surface area is 114 Å². The van der Waals surface area contributed by atoms with Gasteiger partial charge in [0.2, 0.25) is 5.91 Å². The van der Waals surface area contributed by atoms with E-state index in [9.17, 15) is 4.79 Å². The van der Waals surface area contributed by atoms with E-state index in [4.69, 9.17) is 5.73 Å². The molecule has 2 N–H and O–H groups in total. The van der Waals surface area contributed by atoms with E-state index in [1.165, 1.54) is 0 Å². The van der Waals surface area contributed by atoms with Crippen molar-refractivity contribution in [1.29, 1.82) is 0 Å². The van der Waals surface area contributed by atoms with Crippen LogP contribution in [0.2, 0.25) is 0 Å². The minimum atomic E-state index is -0.154. The average Bonchev–Trinajstić information content (AvgIpc) is 2.14. The average molecular weight is 255 g/mol. The maximum atomic E-state index is 11.9. The number of hydrogen-bond donors (Lipinski definition) is 1. The van der Waals surface area contributed by atoms with Gasteiger partial charge in [0, 0.05) is 5.92 Å². The van der Waals surface area contributed by atoms with Crippen LogP contribution in [0.15, 0.2) is 0 Å². The topological polar surface area (TPSA) is 43.1 Å². The quantitative estimate of drug-likeness (QED) is 0.721. The molecule has 0 radical (unpaired) electrons. The van der Waals surface area contributed by atoms with Gasteiger partial charge in [-0.15, -0.1) is 0 Å². The van der Waals surface area contributed by atoms with Gasteiger partial charge in [0.25, 0.3) is 0 Å². The molecule has 1 unspecified atom stereocenters. The highest BCUT2D eigenvalue weighted by atomic mass is 16.1. The molecule has 0 aliphatic carbocycles. The second kappa shape index (κ2) is 5.63. The Bertz CT molecular complexity index is 289. The van der Waals surface area contributed by atoms with Crippen molar-refractivity contribution in [3.8, 4) is 0 Å². The van der Waals surface area contributed by atoms with Crippen molar-refractivity contribution in [2.24, 2.45) is 27.9 Å². The predicted octanol–water partition coefficient (Wildman–Crippen LogP) is 4.38. The van der Waals surface area contributed by atoms with Crippen molar-refractivity contribution in [2.75, 3.05) is 0 Å². The van der Waals surface area contributed by atoms with E-state index >= 15 is 0 Å². The standard InChI is InChI=1S/C16H33NO/c1-9-14(3,4)11-16(7,8)12(13(17)18)15(5,6)10-2/h12H,9-11H2,1-8H3,(H2,17,18). The minimum Gasteiger partial charge on any atom is -0.369 e. The van der Waals surface area contributed by atoms with E-state index in [-0.39, 0.29) is 28.1 Å². The fourth-order valence-corrected chi connectivity index (χ4v) is 3.49. The van der Waals surface area contributed by atoms with Gasteiger partial charge in [0.05, 0.1) is 0 Å².